The SMILES string of the molecule is CC1CNCC(C)N1Cc1ccc(O)cc1. The van der Waals surface area contributed by atoms with E-state index in [1.165, 1.54) is 5.56 Å². The molecule has 88 valence electrons. The van der Waals surface area contributed by atoms with Gasteiger partial charge < -0.3 is 10.4 Å². The Morgan fingerprint density at radius 3 is 2.31 bits per heavy atom. The molecule has 1 fully saturated rings. The summed E-state index contributed by atoms with van der Waals surface area (Å²) in [7, 11) is 0. The molecule has 0 bridgehead atoms. The molecule has 1 aromatic rings. The molecule has 2 atom stereocenters. The quantitative estimate of drug-likeness (QED) is 0.794. The fraction of sp³-hybridized carbons (Fsp3) is 0.538. The van der Waals surface area contributed by atoms with Gasteiger partial charge in [0.05, 0.1) is 0 Å². The molecule has 0 amide bonds. The number of benzene rings is 1. The molecule has 1 heterocycles. The molecule has 1 saturated heterocycles. The zero-order chi connectivity index (χ0) is 11.5. The highest BCUT2D eigenvalue weighted by Gasteiger charge is 2.23. The number of rotatable bonds is 2. The first kappa shape index (κ1) is 11.4. The van der Waals surface area contributed by atoms with Gasteiger partial charge in [0.2, 0.25) is 0 Å². The molecular weight excluding hydrogens is 200 g/mol. The van der Waals surface area contributed by atoms with Gasteiger partial charge in [0.1, 0.15) is 5.75 Å². The van der Waals surface area contributed by atoms with Crippen molar-refractivity contribution in [1.29, 1.82) is 0 Å². The Morgan fingerprint density at radius 2 is 1.75 bits per heavy atom. The average molecular weight is 220 g/mol. The van der Waals surface area contributed by atoms with Crippen molar-refractivity contribution in [2.24, 2.45) is 0 Å². The minimum absolute atomic E-state index is 0.338. The van der Waals surface area contributed by atoms with Crippen molar-refractivity contribution in [3.63, 3.8) is 0 Å². The summed E-state index contributed by atoms with van der Waals surface area (Å²) in [6.45, 7) is 7.58. The lowest BCUT2D eigenvalue weighted by molar-refractivity contribution is 0.109. The van der Waals surface area contributed by atoms with E-state index in [0.29, 0.717) is 17.8 Å². The Kier molecular flexibility index (Phi) is 3.46. The molecule has 3 heteroatoms. The van der Waals surface area contributed by atoms with Crippen LogP contribution in [-0.4, -0.2) is 35.2 Å². The Balaban J connectivity index is 2.04. The van der Waals surface area contributed by atoms with Crippen molar-refractivity contribution in [3.05, 3.63) is 29.8 Å². The summed E-state index contributed by atoms with van der Waals surface area (Å²) in [6.07, 6.45) is 0. The number of phenolic OH excluding ortho intramolecular Hbond substituents is 1. The van der Waals surface area contributed by atoms with Gasteiger partial charge in [0.15, 0.2) is 0 Å². The highest BCUT2D eigenvalue weighted by molar-refractivity contribution is 5.25. The van der Waals surface area contributed by atoms with Crippen LogP contribution in [0.3, 0.4) is 0 Å². The number of nitrogens with zero attached hydrogens (tertiary/aromatic N) is 1. The molecule has 16 heavy (non-hydrogen) atoms. The maximum atomic E-state index is 9.24. The van der Waals surface area contributed by atoms with Crippen LogP contribution in [0, 0.1) is 0 Å². The predicted octanol–water partition coefficient (Wildman–Crippen LogP) is 1.57. The summed E-state index contributed by atoms with van der Waals surface area (Å²) in [5, 5.41) is 12.7. The van der Waals surface area contributed by atoms with Crippen molar-refractivity contribution in [3.8, 4) is 5.75 Å². The summed E-state index contributed by atoms with van der Waals surface area (Å²) in [5.41, 5.74) is 1.26. The van der Waals surface area contributed by atoms with Crippen LogP contribution >= 0.6 is 0 Å². The van der Waals surface area contributed by atoms with Crippen molar-refractivity contribution < 1.29 is 5.11 Å². The van der Waals surface area contributed by atoms with E-state index in [9.17, 15) is 5.11 Å². The molecular formula is C13H20N2O. The van der Waals surface area contributed by atoms with E-state index in [-0.39, 0.29) is 0 Å². The predicted molar refractivity (Wildman–Crippen MR) is 65.4 cm³/mol. The van der Waals surface area contributed by atoms with Crippen LogP contribution in [0.25, 0.3) is 0 Å². The first-order valence-corrected chi connectivity index (χ1v) is 5.91. The van der Waals surface area contributed by atoms with Crippen LogP contribution in [-0.2, 0) is 6.54 Å². The molecule has 2 N–H and O–H groups in total. The fourth-order valence-corrected chi connectivity index (χ4v) is 2.29. The Labute approximate surface area is 97.1 Å². The molecule has 0 radical (unpaired) electrons. The molecule has 2 rings (SSSR count). The Hall–Kier alpha value is -1.06. The average Bonchev–Trinajstić information content (AvgIpc) is 2.26. The zero-order valence-corrected chi connectivity index (χ0v) is 9.98. The van der Waals surface area contributed by atoms with Gasteiger partial charge in [-0.05, 0) is 31.5 Å². The third-order valence-electron chi connectivity index (χ3n) is 3.31. The third-order valence-corrected chi connectivity index (χ3v) is 3.31. The first-order chi connectivity index (χ1) is 7.66. The Morgan fingerprint density at radius 1 is 1.19 bits per heavy atom. The maximum absolute atomic E-state index is 9.24. The third kappa shape index (κ3) is 2.54. The van der Waals surface area contributed by atoms with Crippen molar-refractivity contribution >= 4 is 0 Å². The van der Waals surface area contributed by atoms with Gasteiger partial charge in [0.25, 0.3) is 0 Å². The summed E-state index contributed by atoms with van der Waals surface area (Å²) in [6, 6.07) is 8.64. The van der Waals surface area contributed by atoms with Gasteiger partial charge in [-0.1, -0.05) is 12.1 Å². The zero-order valence-electron chi connectivity index (χ0n) is 9.98. The minimum atomic E-state index is 0.338. The molecule has 2 unspecified atom stereocenters. The monoisotopic (exact) mass is 220 g/mol. The molecule has 0 spiro atoms. The summed E-state index contributed by atoms with van der Waals surface area (Å²) in [5.74, 6) is 0.338. The smallest absolute Gasteiger partial charge is 0.115 e. The highest BCUT2D eigenvalue weighted by atomic mass is 16.3. The van der Waals surface area contributed by atoms with Crippen molar-refractivity contribution in [2.45, 2.75) is 32.5 Å². The lowest BCUT2D eigenvalue weighted by Gasteiger charge is -2.39. The minimum Gasteiger partial charge on any atom is -0.508 e. The number of nitrogens with one attached hydrogen (secondary N) is 1. The van der Waals surface area contributed by atoms with E-state index in [0.717, 1.165) is 19.6 Å². The summed E-state index contributed by atoms with van der Waals surface area (Å²) < 4.78 is 0. The molecule has 0 aromatic heterocycles. The standard InChI is InChI=1S/C13H20N2O/c1-10-7-14-8-11(2)15(10)9-12-3-5-13(16)6-4-12/h3-6,10-11,14,16H,7-9H2,1-2H3. The van der Waals surface area contributed by atoms with Gasteiger partial charge in [-0.15, -0.1) is 0 Å². The van der Waals surface area contributed by atoms with E-state index in [2.05, 4.69) is 24.1 Å². The largest absolute Gasteiger partial charge is 0.508 e. The van der Waals surface area contributed by atoms with Gasteiger partial charge in [0, 0.05) is 31.7 Å². The second-order valence-electron chi connectivity index (χ2n) is 4.70. The van der Waals surface area contributed by atoms with Crippen molar-refractivity contribution in [2.75, 3.05) is 13.1 Å². The lowest BCUT2D eigenvalue weighted by Crippen LogP contribution is -2.54. The van der Waals surface area contributed by atoms with Crippen LogP contribution in [0.1, 0.15) is 19.4 Å². The summed E-state index contributed by atoms with van der Waals surface area (Å²) >= 11 is 0. The van der Waals surface area contributed by atoms with Gasteiger partial charge in [-0.25, -0.2) is 0 Å². The number of hydrogen-bond acceptors (Lipinski definition) is 3. The molecule has 3 nitrogen and oxygen atoms in total. The number of piperazine rings is 1. The van der Waals surface area contributed by atoms with E-state index in [1.807, 2.05) is 12.1 Å². The molecule has 1 aromatic carbocycles. The molecule has 0 aliphatic carbocycles. The van der Waals surface area contributed by atoms with Crippen LogP contribution in [0.2, 0.25) is 0 Å². The fourth-order valence-electron chi connectivity index (χ4n) is 2.29. The molecule has 0 saturated carbocycles. The topological polar surface area (TPSA) is 35.5 Å². The lowest BCUT2D eigenvalue weighted by atomic mass is 10.1. The maximum Gasteiger partial charge on any atom is 0.115 e. The summed E-state index contributed by atoms with van der Waals surface area (Å²) in [4.78, 5) is 2.50. The number of phenols is 1. The second kappa shape index (κ2) is 4.85. The van der Waals surface area contributed by atoms with Gasteiger partial charge in [-0.3, -0.25) is 4.90 Å². The molecule has 1 aliphatic rings. The van der Waals surface area contributed by atoms with Crippen molar-refractivity contribution in [1.82, 2.24) is 10.2 Å². The number of hydrogen-bond donors (Lipinski definition) is 2. The van der Waals surface area contributed by atoms with Gasteiger partial charge >= 0.3 is 0 Å². The number of aromatic hydroxyl groups is 1. The first-order valence-electron chi connectivity index (χ1n) is 5.91. The van der Waals surface area contributed by atoms with E-state index in [4.69, 9.17) is 0 Å². The van der Waals surface area contributed by atoms with E-state index < -0.39 is 0 Å². The van der Waals surface area contributed by atoms with Crippen LogP contribution in [0.5, 0.6) is 5.75 Å². The van der Waals surface area contributed by atoms with E-state index in [1.54, 1.807) is 12.1 Å². The van der Waals surface area contributed by atoms with Crippen LogP contribution in [0.4, 0.5) is 0 Å². The second-order valence-corrected chi connectivity index (χ2v) is 4.70. The molecule has 1 aliphatic heterocycles. The van der Waals surface area contributed by atoms with Crippen LogP contribution in [0.15, 0.2) is 24.3 Å². The normalized spacial score (nSPS) is 26.9. The van der Waals surface area contributed by atoms with E-state index >= 15 is 0 Å². The highest BCUT2D eigenvalue weighted by Crippen LogP contribution is 2.16. The van der Waals surface area contributed by atoms with Crippen LogP contribution < -0.4 is 5.32 Å². The Bertz CT molecular complexity index is 326. The van der Waals surface area contributed by atoms with Gasteiger partial charge in [-0.2, -0.15) is 0 Å².